The Labute approximate surface area is 116 Å². The molecular formula is C9H22NaO4Sb. The zero-order valence-corrected chi connectivity index (χ0v) is 14.6. The van der Waals surface area contributed by atoms with E-state index in [-0.39, 0.29) is 0 Å². The molecule has 0 rings (SSSR count). The summed E-state index contributed by atoms with van der Waals surface area (Å²) in [4.78, 5) is 0. The Bertz CT molecular complexity index is 155. The van der Waals surface area contributed by atoms with Gasteiger partial charge in [0.2, 0.25) is 0 Å². The maximum atomic E-state index is 8.97. The maximum absolute atomic E-state index is 8.97. The van der Waals surface area contributed by atoms with E-state index in [2.05, 4.69) is 13.8 Å². The van der Waals surface area contributed by atoms with Gasteiger partial charge < -0.3 is 0 Å². The first-order valence-corrected chi connectivity index (χ1v) is 11.2. The Morgan fingerprint density at radius 2 is 1.33 bits per heavy atom. The Morgan fingerprint density at radius 3 is 1.53 bits per heavy atom. The molecule has 0 aromatic heterocycles. The molecule has 0 aliphatic carbocycles. The van der Waals surface area contributed by atoms with Crippen LogP contribution in [0, 0.1) is 0 Å². The van der Waals surface area contributed by atoms with Crippen LogP contribution in [-0.4, -0.2) is 58.1 Å². The van der Waals surface area contributed by atoms with Crippen LogP contribution in [0.3, 0.4) is 0 Å². The van der Waals surface area contributed by atoms with Gasteiger partial charge >= 0.3 is 117 Å². The van der Waals surface area contributed by atoms with E-state index in [1.165, 1.54) is 66.5 Å². The zero-order chi connectivity index (χ0) is 12.3. The van der Waals surface area contributed by atoms with Crippen molar-refractivity contribution in [3.05, 3.63) is 0 Å². The number of hydrogen-bond donors (Lipinski definition) is 3. The van der Waals surface area contributed by atoms with Crippen molar-refractivity contribution < 1.29 is 13.2 Å². The van der Waals surface area contributed by atoms with Gasteiger partial charge in [0.15, 0.2) is 0 Å². The topological polar surface area (TPSA) is 77.8 Å². The molecule has 0 amide bonds. The molecule has 0 bridgehead atoms. The molecule has 0 unspecified atom stereocenters. The summed E-state index contributed by atoms with van der Waals surface area (Å²) in [5, 5.41) is 0. The van der Waals surface area contributed by atoms with E-state index in [1.807, 2.05) is 0 Å². The van der Waals surface area contributed by atoms with Crippen LogP contribution in [0.15, 0.2) is 0 Å². The van der Waals surface area contributed by atoms with E-state index in [0.29, 0.717) is 0 Å². The quantitative estimate of drug-likeness (QED) is 0.635. The van der Waals surface area contributed by atoms with E-state index in [0.717, 1.165) is 3.17 Å². The third-order valence-corrected chi connectivity index (χ3v) is 3.26. The molecule has 0 aromatic rings. The number of hydrogen-bond acceptors (Lipinski definition) is 1. The van der Waals surface area contributed by atoms with Gasteiger partial charge in [0.05, 0.1) is 0 Å². The van der Waals surface area contributed by atoms with Gasteiger partial charge in [-0.15, -0.1) is 0 Å². The van der Waals surface area contributed by atoms with Crippen LogP contribution in [0.4, 0.5) is 0 Å². The third-order valence-electron chi connectivity index (χ3n) is 2.10. The van der Waals surface area contributed by atoms with Crippen LogP contribution in [0.1, 0.15) is 52.4 Å². The predicted molar refractivity (Wildman–Crippen MR) is 61.7 cm³/mol. The van der Waals surface area contributed by atoms with Crippen molar-refractivity contribution in [2.45, 2.75) is 55.5 Å². The predicted octanol–water partition coefficient (Wildman–Crippen LogP) is 1.15. The molecule has 6 heteroatoms. The molecule has 0 fully saturated rings. The van der Waals surface area contributed by atoms with Gasteiger partial charge in [0.25, 0.3) is 0 Å². The van der Waals surface area contributed by atoms with Crippen molar-refractivity contribution in [3.8, 4) is 0 Å². The molecule has 0 aromatic carbocycles. The summed E-state index contributed by atoms with van der Waals surface area (Å²) in [5.41, 5.74) is 0. The standard InChI is InChI=1S/C9H19.Na.3H2O.O.Sb/c1-3-5-7-9-8-6-4-2;;;;;;/h9H,3-8H2,1-2H3;;3*1H2;;/q;;;;;;+3/p-3. The SMILES string of the molecule is CCCC[CH]([Na])CCCC.[O]=[Sb]([OH])([OH])[OH]. The van der Waals surface area contributed by atoms with Crippen molar-refractivity contribution in [3.63, 3.8) is 0 Å². The average Bonchev–Trinajstić information content (AvgIpc) is 2.08. The molecule has 0 heterocycles. The van der Waals surface area contributed by atoms with E-state index in [4.69, 9.17) is 13.2 Å². The molecule has 88 valence electrons. The fourth-order valence-corrected chi connectivity index (χ4v) is 2.07. The number of unbranched alkanes of at least 4 members (excludes halogenated alkanes) is 2. The fraction of sp³-hybridized carbons (Fsp3) is 1.00. The molecule has 0 atom stereocenters. The van der Waals surface area contributed by atoms with E-state index < -0.39 is 20.1 Å². The van der Waals surface area contributed by atoms with Crippen LogP contribution >= 0.6 is 0 Å². The van der Waals surface area contributed by atoms with Crippen LogP contribution in [0.25, 0.3) is 0 Å². The van der Waals surface area contributed by atoms with Gasteiger partial charge in [-0.2, -0.15) is 0 Å². The van der Waals surface area contributed by atoms with Crippen molar-refractivity contribution in [2.75, 3.05) is 0 Å². The molecule has 0 saturated heterocycles. The minimum atomic E-state index is -5.35. The van der Waals surface area contributed by atoms with Crippen molar-refractivity contribution in [1.82, 2.24) is 0 Å². The summed E-state index contributed by atoms with van der Waals surface area (Å²) in [6.45, 7) is 4.57. The minimum absolute atomic E-state index is 1.11. The second-order valence-electron chi connectivity index (χ2n) is 3.90. The first-order chi connectivity index (χ1) is 6.81. The second-order valence-corrected chi connectivity index (χ2v) is 8.47. The molecule has 0 saturated carbocycles. The Balaban J connectivity index is 0. The van der Waals surface area contributed by atoms with Crippen LogP contribution in [0.5, 0.6) is 0 Å². The van der Waals surface area contributed by atoms with Gasteiger partial charge in [-0.3, -0.25) is 0 Å². The van der Waals surface area contributed by atoms with Crippen molar-refractivity contribution in [2.24, 2.45) is 0 Å². The van der Waals surface area contributed by atoms with E-state index >= 15 is 0 Å². The molecule has 0 aliphatic heterocycles. The molecule has 0 spiro atoms. The average molecular weight is 339 g/mol. The number of rotatable bonds is 6. The fourth-order valence-electron chi connectivity index (χ4n) is 1.25. The van der Waals surface area contributed by atoms with Crippen molar-refractivity contribution >= 4 is 48.0 Å². The molecular weight excluding hydrogens is 317 g/mol. The van der Waals surface area contributed by atoms with Gasteiger partial charge in [-0.25, -0.2) is 0 Å². The first-order valence-electron chi connectivity index (χ1n) is 5.59. The Hall–Kier alpha value is 1.50. The first kappa shape index (κ1) is 18.9. The van der Waals surface area contributed by atoms with Gasteiger partial charge in [-0.05, 0) is 0 Å². The van der Waals surface area contributed by atoms with E-state index in [1.54, 1.807) is 0 Å². The second kappa shape index (κ2) is 12.0. The van der Waals surface area contributed by atoms with E-state index in [9.17, 15) is 0 Å². The third kappa shape index (κ3) is 31.3. The zero-order valence-electron chi connectivity index (χ0n) is 10.0. The molecule has 0 aliphatic rings. The molecule has 4 nitrogen and oxygen atoms in total. The van der Waals surface area contributed by atoms with Crippen LogP contribution in [0.2, 0.25) is 3.17 Å². The van der Waals surface area contributed by atoms with Gasteiger partial charge in [-0.1, -0.05) is 0 Å². The monoisotopic (exact) mass is 338 g/mol. The summed E-state index contributed by atoms with van der Waals surface area (Å²) in [6.07, 6.45) is 8.68. The molecule has 3 N–H and O–H groups in total. The van der Waals surface area contributed by atoms with Gasteiger partial charge in [0, 0.05) is 0 Å². The van der Waals surface area contributed by atoms with Crippen LogP contribution in [-0.2, 0) is 3.02 Å². The normalized spacial score (nSPS) is 11.2. The molecule has 15 heavy (non-hydrogen) atoms. The summed E-state index contributed by atoms with van der Waals surface area (Å²) in [5.74, 6) is 0. The van der Waals surface area contributed by atoms with Gasteiger partial charge in [0.1, 0.15) is 0 Å². The Kier molecular flexibility index (Phi) is 15.0. The summed E-state index contributed by atoms with van der Waals surface area (Å²) >= 11 is -3.93. The summed E-state index contributed by atoms with van der Waals surface area (Å²) in [6, 6.07) is 0. The van der Waals surface area contributed by atoms with Crippen LogP contribution < -0.4 is 0 Å². The summed E-state index contributed by atoms with van der Waals surface area (Å²) in [7, 11) is 0. The van der Waals surface area contributed by atoms with Crippen molar-refractivity contribution in [1.29, 1.82) is 0 Å². The summed E-state index contributed by atoms with van der Waals surface area (Å²) < 4.78 is 31.9. The molecule has 0 radical (unpaired) electrons. The Morgan fingerprint density at radius 1 is 1.07 bits per heavy atom.